The second-order valence-corrected chi connectivity index (χ2v) is 6.23. The van der Waals surface area contributed by atoms with Crippen LogP contribution in [0.1, 0.15) is 5.56 Å². The first-order valence-electron chi connectivity index (χ1n) is 8.29. The van der Waals surface area contributed by atoms with Crippen molar-refractivity contribution in [1.29, 1.82) is 5.26 Å². The van der Waals surface area contributed by atoms with Crippen LogP contribution in [0.15, 0.2) is 48.0 Å². The van der Waals surface area contributed by atoms with Crippen LogP contribution in [-0.4, -0.2) is 31.6 Å². The maximum atomic E-state index is 12.9. The van der Waals surface area contributed by atoms with Gasteiger partial charge in [-0.15, -0.1) is 0 Å². The lowest BCUT2D eigenvalue weighted by Crippen LogP contribution is -2.54. The number of nitrogens with one attached hydrogen (secondary N) is 1. The van der Waals surface area contributed by atoms with E-state index in [0.29, 0.717) is 22.1 Å². The Morgan fingerprint density at radius 3 is 2.66 bits per heavy atom. The average molecular weight is 412 g/mol. The number of halogens is 1. The lowest BCUT2D eigenvalue weighted by Gasteiger charge is -2.26. The van der Waals surface area contributed by atoms with Gasteiger partial charge in [0, 0.05) is 5.02 Å². The third-order valence-corrected chi connectivity index (χ3v) is 4.19. The van der Waals surface area contributed by atoms with Gasteiger partial charge in [-0.1, -0.05) is 23.7 Å². The number of carbonyl (C=O) groups excluding carboxylic acids is 3. The van der Waals surface area contributed by atoms with Crippen LogP contribution in [0.2, 0.25) is 5.02 Å². The molecule has 9 heteroatoms. The third-order valence-electron chi connectivity index (χ3n) is 3.96. The van der Waals surface area contributed by atoms with E-state index in [9.17, 15) is 14.4 Å². The number of imide groups is 2. The lowest BCUT2D eigenvalue weighted by molar-refractivity contribution is -0.122. The number of rotatable bonds is 5. The zero-order valence-electron chi connectivity index (χ0n) is 15.1. The number of hydrogen-bond donors (Lipinski definition) is 1. The van der Waals surface area contributed by atoms with Crippen LogP contribution in [0.25, 0.3) is 6.08 Å². The van der Waals surface area contributed by atoms with Gasteiger partial charge in [0.15, 0.2) is 18.1 Å². The molecule has 1 saturated heterocycles. The number of urea groups is 1. The molecular formula is C20H14ClN3O5. The first kappa shape index (κ1) is 19.9. The molecule has 2 aromatic rings. The van der Waals surface area contributed by atoms with Crippen molar-refractivity contribution in [3.05, 3.63) is 58.6 Å². The van der Waals surface area contributed by atoms with Gasteiger partial charge < -0.3 is 9.47 Å². The van der Waals surface area contributed by atoms with Crippen molar-refractivity contribution in [2.24, 2.45) is 0 Å². The highest BCUT2D eigenvalue weighted by Crippen LogP contribution is 2.30. The summed E-state index contributed by atoms with van der Waals surface area (Å²) >= 11 is 5.94. The molecule has 1 N–H and O–H groups in total. The van der Waals surface area contributed by atoms with Crippen LogP contribution >= 0.6 is 11.6 Å². The van der Waals surface area contributed by atoms with Crippen LogP contribution in [0.5, 0.6) is 11.5 Å². The molecule has 0 bridgehead atoms. The van der Waals surface area contributed by atoms with Gasteiger partial charge in [-0.3, -0.25) is 14.9 Å². The minimum atomic E-state index is -0.864. The number of hydrogen-bond acceptors (Lipinski definition) is 6. The smallest absolute Gasteiger partial charge is 0.335 e. The number of methoxy groups -OCH3 is 1. The molecule has 29 heavy (non-hydrogen) atoms. The molecular weight excluding hydrogens is 398 g/mol. The standard InChI is InChI=1S/C20H14ClN3O5/c1-28-17-10-12(5-6-16(17)29-8-7-22)9-15-18(25)23-20(27)24(19(15)26)14-4-2-3-13(21)11-14/h2-6,9-11H,8H2,1H3,(H,23,25,27)/b15-9+. The van der Waals surface area contributed by atoms with Crippen molar-refractivity contribution in [2.75, 3.05) is 18.6 Å². The van der Waals surface area contributed by atoms with Crippen LogP contribution in [0.4, 0.5) is 10.5 Å². The van der Waals surface area contributed by atoms with Gasteiger partial charge in [0.2, 0.25) is 0 Å². The Labute approximate surface area is 170 Å². The summed E-state index contributed by atoms with van der Waals surface area (Å²) in [5, 5.41) is 11.1. The lowest BCUT2D eigenvalue weighted by atomic mass is 10.1. The van der Waals surface area contributed by atoms with E-state index in [4.69, 9.17) is 26.3 Å². The van der Waals surface area contributed by atoms with Crippen molar-refractivity contribution in [3.63, 3.8) is 0 Å². The molecule has 8 nitrogen and oxygen atoms in total. The largest absolute Gasteiger partial charge is 0.493 e. The van der Waals surface area contributed by atoms with Gasteiger partial charge in [0.05, 0.1) is 12.8 Å². The van der Waals surface area contributed by atoms with E-state index >= 15 is 0 Å². The molecule has 0 spiro atoms. The van der Waals surface area contributed by atoms with E-state index < -0.39 is 17.8 Å². The van der Waals surface area contributed by atoms with Crippen molar-refractivity contribution in [3.8, 4) is 17.6 Å². The Kier molecular flexibility index (Phi) is 5.81. The molecule has 1 aliphatic heterocycles. The molecule has 0 aliphatic carbocycles. The van der Waals surface area contributed by atoms with Gasteiger partial charge >= 0.3 is 6.03 Å². The van der Waals surface area contributed by atoms with E-state index in [2.05, 4.69) is 5.32 Å². The molecule has 1 fully saturated rings. The summed E-state index contributed by atoms with van der Waals surface area (Å²) in [6, 6.07) is 11.8. The molecule has 0 aromatic heterocycles. The first-order chi connectivity index (χ1) is 13.9. The molecule has 146 valence electrons. The summed E-state index contributed by atoms with van der Waals surface area (Å²) < 4.78 is 10.5. The van der Waals surface area contributed by atoms with Crippen LogP contribution < -0.4 is 19.7 Å². The maximum Gasteiger partial charge on any atom is 0.335 e. The van der Waals surface area contributed by atoms with Gasteiger partial charge in [0.1, 0.15) is 11.6 Å². The van der Waals surface area contributed by atoms with E-state index in [-0.39, 0.29) is 17.9 Å². The number of barbiturate groups is 1. The van der Waals surface area contributed by atoms with Crippen molar-refractivity contribution >= 4 is 41.2 Å². The molecule has 2 aromatic carbocycles. The number of nitrogens with zero attached hydrogens (tertiary/aromatic N) is 2. The summed E-state index contributed by atoms with van der Waals surface area (Å²) in [6.45, 7) is -0.158. The number of amides is 4. The van der Waals surface area contributed by atoms with Crippen LogP contribution in [0, 0.1) is 11.3 Å². The Morgan fingerprint density at radius 1 is 1.17 bits per heavy atom. The summed E-state index contributed by atoms with van der Waals surface area (Å²) in [6.07, 6.45) is 1.33. The van der Waals surface area contributed by atoms with Crippen molar-refractivity contribution in [1.82, 2.24) is 5.32 Å². The van der Waals surface area contributed by atoms with E-state index in [1.807, 2.05) is 6.07 Å². The Balaban J connectivity index is 1.97. The SMILES string of the molecule is COc1cc(/C=C2\C(=O)NC(=O)N(c3cccc(Cl)c3)C2=O)ccc1OCC#N. The Hall–Kier alpha value is -3.83. The van der Waals surface area contributed by atoms with Gasteiger partial charge in [-0.25, -0.2) is 9.69 Å². The fourth-order valence-electron chi connectivity index (χ4n) is 2.68. The molecule has 0 unspecified atom stereocenters. The fraction of sp³-hybridized carbons (Fsp3) is 0.100. The number of benzene rings is 2. The van der Waals surface area contributed by atoms with Gasteiger partial charge in [0.25, 0.3) is 11.8 Å². The molecule has 0 saturated carbocycles. The van der Waals surface area contributed by atoms with E-state index in [0.717, 1.165) is 4.90 Å². The monoisotopic (exact) mass is 411 g/mol. The fourth-order valence-corrected chi connectivity index (χ4v) is 2.86. The second kappa shape index (κ2) is 8.46. The molecule has 1 heterocycles. The number of nitriles is 1. The number of carbonyl (C=O) groups is 3. The predicted octanol–water partition coefficient (Wildman–Crippen LogP) is 2.92. The highest BCUT2D eigenvalue weighted by Gasteiger charge is 2.36. The van der Waals surface area contributed by atoms with Crippen LogP contribution in [-0.2, 0) is 9.59 Å². The normalized spacial score (nSPS) is 15.1. The highest BCUT2D eigenvalue weighted by atomic mass is 35.5. The molecule has 3 rings (SSSR count). The van der Waals surface area contributed by atoms with Crippen molar-refractivity contribution < 1.29 is 23.9 Å². The predicted molar refractivity (Wildman–Crippen MR) is 105 cm³/mol. The zero-order chi connectivity index (χ0) is 21.0. The summed E-state index contributed by atoms with van der Waals surface area (Å²) in [5.41, 5.74) is 0.457. The first-order valence-corrected chi connectivity index (χ1v) is 8.67. The Bertz CT molecular complexity index is 1070. The number of anilines is 1. The highest BCUT2D eigenvalue weighted by molar-refractivity contribution is 6.39. The molecule has 0 radical (unpaired) electrons. The van der Waals surface area contributed by atoms with E-state index in [1.54, 1.807) is 30.3 Å². The van der Waals surface area contributed by atoms with Gasteiger partial charge in [-0.05, 0) is 42.0 Å². The molecule has 1 aliphatic rings. The summed E-state index contributed by atoms with van der Waals surface area (Å²) in [4.78, 5) is 38.2. The Morgan fingerprint density at radius 2 is 1.97 bits per heavy atom. The number of ether oxygens (including phenoxy) is 2. The zero-order valence-corrected chi connectivity index (χ0v) is 15.9. The minimum absolute atomic E-state index is 0.158. The molecule has 4 amide bonds. The van der Waals surface area contributed by atoms with Gasteiger partial charge in [-0.2, -0.15) is 5.26 Å². The maximum absolute atomic E-state index is 12.9. The summed E-state index contributed by atoms with van der Waals surface area (Å²) in [7, 11) is 1.42. The second-order valence-electron chi connectivity index (χ2n) is 5.79. The van der Waals surface area contributed by atoms with Crippen LogP contribution in [0.3, 0.4) is 0 Å². The topological polar surface area (TPSA) is 109 Å². The van der Waals surface area contributed by atoms with Crippen molar-refractivity contribution in [2.45, 2.75) is 0 Å². The minimum Gasteiger partial charge on any atom is -0.493 e. The third kappa shape index (κ3) is 4.20. The quantitative estimate of drug-likeness (QED) is 0.598. The summed E-state index contributed by atoms with van der Waals surface area (Å²) in [5.74, 6) is -0.945. The molecule has 0 atom stereocenters. The average Bonchev–Trinajstić information content (AvgIpc) is 2.69. The van der Waals surface area contributed by atoms with E-state index in [1.165, 1.54) is 25.3 Å².